The molecular formula is C18H33N3O3. The Hall–Kier alpha value is -0.850. The molecule has 6 nitrogen and oxygen atoms in total. The highest BCUT2D eigenvalue weighted by molar-refractivity contribution is 5.74. The number of hydrogen-bond donors (Lipinski definition) is 0. The van der Waals surface area contributed by atoms with Gasteiger partial charge in [-0.1, -0.05) is 0 Å². The van der Waals surface area contributed by atoms with Crippen LogP contribution in [0.2, 0.25) is 0 Å². The molecule has 0 bridgehead atoms. The molecule has 0 radical (unpaired) electrons. The number of piperidine rings is 1. The van der Waals surface area contributed by atoms with Crippen molar-refractivity contribution in [3.63, 3.8) is 0 Å². The minimum Gasteiger partial charge on any atom is -0.383 e. The number of amides is 2. The van der Waals surface area contributed by atoms with Crippen molar-refractivity contribution in [1.82, 2.24) is 14.7 Å². The van der Waals surface area contributed by atoms with Gasteiger partial charge in [-0.05, 0) is 37.5 Å². The van der Waals surface area contributed by atoms with Crippen molar-refractivity contribution >= 4 is 6.03 Å². The van der Waals surface area contributed by atoms with Gasteiger partial charge in [0.2, 0.25) is 0 Å². The van der Waals surface area contributed by atoms with Crippen LogP contribution >= 0.6 is 0 Å². The third kappa shape index (κ3) is 3.86. The first-order valence-electron chi connectivity index (χ1n) is 9.43. The maximum atomic E-state index is 12.6. The summed E-state index contributed by atoms with van der Waals surface area (Å²) in [5.41, 5.74) is 0.360. The molecule has 3 fully saturated rings. The molecule has 2 amide bonds. The molecule has 3 aliphatic rings. The molecule has 0 aliphatic carbocycles. The molecule has 3 saturated heterocycles. The predicted octanol–water partition coefficient (Wildman–Crippen LogP) is 1.65. The van der Waals surface area contributed by atoms with E-state index in [-0.39, 0.29) is 6.03 Å². The molecule has 3 aliphatic heterocycles. The predicted molar refractivity (Wildman–Crippen MR) is 93.2 cm³/mol. The topological polar surface area (TPSA) is 45.2 Å². The van der Waals surface area contributed by atoms with Crippen molar-refractivity contribution in [2.75, 3.05) is 66.7 Å². The highest BCUT2D eigenvalue weighted by atomic mass is 16.5. The molecule has 3 heterocycles. The summed E-state index contributed by atoms with van der Waals surface area (Å²) in [6.07, 6.45) is 5.76. The fourth-order valence-electron chi connectivity index (χ4n) is 4.72. The maximum Gasteiger partial charge on any atom is 0.319 e. The van der Waals surface area contributed by atoms with Gasteiger partial charge in [0.15, 0.2) is 0 Å². The summed E-state index contributed by atoms with van der Waals surface area (Å²) in [6.45, 7) is 7.37. The van der Waals surface area contributed by atoms with E-state index in [4.69, 9.17) is 9.47 Å². The van der Waals surface area contributed by atoms with E-state index in [9.17, 15) is 4.79 Å². The number of hydrogen-bond acceptors (Lipinski definition) is 4. The lowest BCUT2D eigenvalue weighted by Gasteiger charge is -2.40. The maximum absolute atomic E-state index is 12.6. The summed E-state index contributed by atoms with van der Waals surface area (Å²) < 4.78 is 10.7. The zero-order valence-electron chi connectivity index (χ0n) is 15.3. The van der Waals surface area contributed by atoms with Gasteiger partial charge in [0, 0.05) is 59.5 Å². The highest BCUT2D eigenvalue weighted by Crippen LogP contribution is 2.43. The van der Waals surface area contributed by atoms with E-state index in [1.54, 1.807) is 14.2 Å². The fourth-order valence-corrected chi connectivity index (χ4v) is 4.72. The molecule has 3 rings (SSSR count). The Bertz CT molecular complexity index is 418. The first-order chi connectivity index (χ1) is 11.7. The Balaban J connectivity index is 1.55. The zero-order chi connectivity index (χ0) is 17.0. The second kappa shape index (κ2) is 8.02. The third-order valence-electron chi connectivity index (χ3n) is 6.14. The normalized spacial score (nSPS) is 27.3. The van der Waals surface area contributed by atoms with Crippen LogP contribution in [0.4, 0.5) is 4.79 Å². The van der Waals surface area contributed by atoms with Crippen molar-refractivity contribution in [3.8, 4) is 0 Å². The fraction of sp³-hybridized carbons (Fsp3) is 0.944. The minimum absolute atomic E-state index is 0.269. The van der Waals surface area contributed by atoms with Crippen LogP contribution in [0.1, 0.15) is 32.1 Å². The smallest absolute Gasteiger partial charge is 0.319 e. The zero-order valence-corrected chi connectivity index (χ0v) is 15.3. The second-order valence-electron chi connectivity index (χ2n) is 7.74. The Morgan fingerprint density at radius 3 is 2.33 bits per heavy atom. The Morgan fingerprint density at radius 2 is 1.71 bits per heavy atom. The van der Waals surface area contributed by atoms with Crippen LogP contribution in [0, 0.1) is 5.41 Å². The van der Waals surface area contributed by atoms with E-state index in [0.29, 0.717) is 11.5 Å². The molecule has 24 heavy (non-hydrogen) atoms. The van der Waals surface area contributed by atoms with Crippen molar-refractivity contribution in [2.24, 2.45) is 5.41 Å². The van der Waals surface area contributed by atoms with Gasteiger partial charge >= 0.3 is 6.03 Å². The number of ether oxygens (including phenoxy) is 2. The minimum atomic E-state index is 0.269. The number of rotatable bonds is 5. The molecule has 0 unspecified atom stereocenters. The molecule has 1 atom stereocenters. The van der Waals surface area contributed by atoms with Crippen molar-refractivity contribution in [2.45, 2.75) is 38.1 Å². The van der Waals surface area contributed by atoms with E-state index in [1.165, 1.54) is 6.42 Å². The Morgan fingerprint density at radius 1 is 1.04 bits per heavy atom. The van der Waals surface area contributed by atoms with Crippen LogP contribution in [0.5, 0.6) is 0 Å². The lowest BCUT2D eigenvalue weighted by Crippen LogP contribution is -2.48. The highest BCUT2D eigenvalue weighted by Gasteiger charge is 2.46. The molecular weight excluding hydrogens is 306 g/mol. The Kier molecular flexibility index (Phi) is 6.00. The summed E-state index contributed by atoms with van der Waals surface area (Å²) in [6, 6.07) is 0.760. The first kappa shape index (κ1) is 18.0. The van der Waals surface area contributed by atoms with E-state index in [2.05, 4.69) is 9.80 Å². The van der Waals surface area contributed by atoms with Gasteiger partial charge in [-0.2, -0.15) is 0 Å². The lowest BCUT2D eigenvalue weighted by atomic mass is 9.76. The van der Waals surface area contributed by atoms with Crippen LogP contribution in [-0.2, 0) is 9.47 Å². The molecule has 0 aromatic heterocycles. The van der Waals surface area contributed by atoms with Gasteiger partial charge in [0.05, 0.1) is 13.2 Å². The largest absolute Gasteiger partial charge is 0.383 e. The number of urea groups is 1. The average molecular weight is 339 g/mol. The first-order valence-corrected chi connectivity index (χ1v) is 9.43. The average Bonchev–Trinajstić information content (AvgIpc) is 3.23. The monoisotopic (exact) mass is 339 g/mol. The summed E-state index contributed by atoms with van der Waals surface area (Å²) in [5.74, 6) is 0. The van der Waals surface area contributed by atoms with Gasteiger partial charge in [-0.15, -0.1) is 0 Å². The van der Waals surface area contributed by atoms with Crippen LogP contribution in [-0.4, -0.2) is 93.5 Å². The lowest BCUT2D eigenvalue weighted by molar-refractivity contribution is 0.0869. The van der Waals surface area contributed by atoms with Crippen molar-refractivity contribution in [3.05, 3.63) is 0 Å². The van der Waals surface area contributed by atoms with Gasteiger partial charge in [-0.3, -0.25) is 4.90 Å². The summed E-state index contributed by atoms with van der Waals surface area (Å²) >= 11 is 0. The van der Waals surface area contributed by atoms with Gasteiger partial charge < -0.3 is 19.3 Å². The van der Waals surface area contributed by atoms with Crippen LogP contribution in [0.3, 0.4) is 0 Å². The summed E-state index contributed by atoms with van der Waals surface area (Å²) in [5, 5.41) is 0. The summed E-state index contributed by atoms with van der Waals surface area (Å²) in [7, 11) is 3.55. The quantitative estimate of drug-likeness (QED) is 0.764. The van der Waals surface area contributed by atoms with E-state index in [1.807, 2.05) is 4.90 Å². The van der Waals surface area contributed by atoms with E-state index < -0.39 is 0 Å². The number of methoxy groups -OCH3 is 2. The third-order valence-corrected chi connectivity index (χ3v) is 6.14. The van der Waals surface area contributed by atoms with E-state index >= 15 is 0 Å². The summed E-state index contributed by atoms with van der Waals surface area (Å²) in [4.78, 5) is 19.2. The van der Waals surface area contributed by atoms with Crippen LogP contribution in [0.15, 0.2) is 0 Å². The van der Waals surface area contributed by atoms with Gasteiger partial charge in [0.1, 0.15) is 0 Å². The van der Waals surface area contributed by atoms with Crippen molar-refractivity contribution in [1.29, 1.82) is 0 Å². The molecule has 0 saturated carbocycles. The standard InChI is InChI=1S/C18H33N3O3/c1-23-12-11-21-15-18(13-16(21)14-24-2)5-9-20(10-6-18)17(22)19-7-3-4-8-19/h16H,3-15H2,1-2H3/t16-/m0/s1. The van der Waals surface area contributed by atoms with Crippen LogP contribution in [0.25, 0.3) is 0 Å². The molecule has 138 valence electrons. The van der Waals surface area contributed by atoms with E-state index in [0.717, 1.165) is 78.2 Å². The van der Waals surface area contributed by atoms with Crippen molar-refractivity contribution < 1.29 is 14.3 Å². The molecule has 0 aromatic carbocycles. The van der Waals surface area contributed by atoms with Crippen LogP contribution < -0.4 is 0 Å². The SMILES string of the molecule is COCCN1CC2(CCN(C(=O)N3CCCC3)CC2)C[C@H]1COC. The number of carbonyl (C=O) groups is 1. The second-order valence-corrected chi connectivity index (χ2v) is 7.74. The molecule has 6 heteroatoms. The number of likely N-dealkylation sites (tertiary alicyclic amines) is 3. The van der Waals surface area contributed by atoms with Gasteiger partial charge in [0.25, 0.3) is 0 Å². The van der Waals surface area contributed by atoms with Gasteiger partial charge in [-0.25, -0.2) is 4.79 Å². The Labute approximate surface area is 146 Å². The number of nitrogens with zero attached hydrogens (tertiary/aromatic N) is 3. The molecule has 0 aromatic rings. The molecule has 0 N–H and O–H groups in total. The molecule has 1 spiro atoms. The number of carbonyl (C=O) groups excluding carboxylic acids is 1.